The Morgan fingerprint density at radius 2 is 2.10 bits per heavy atom. The maximum atomic E-state index is 4.87. The molecule has 0 aliphatic heterocycles. The summed E-state index contributed by atoms with van der Waals surface area (Å²) >= 11 is 3.61. The summed E-state index contributed by atoms with van der Waals surface area (Å²) in [4.78, 5) is 9.88. The van der Waals surface area contributed by atoms with Crippen molar-refractivity contribution in [2.24, 2.45) is 0 Å². The van der Waals surface area contributed by atoms with Gasteiger partial charge in [0, 0.05) is 23.3 Å². The van der Waals surface area contributed by atoms with E-state index in [-0.39, 0.29) is 0 Å². The Kier molecular flexibility index (Phi) is 5.18. The zero-order valence-electron chi connectivity index (χ0n) is 12.8. The van der Waals surface area contributed by atoms with Crippen LogP contribution in [0.5, 0.6) is 0 Å². The van der Waals surface area contributed by atoms with Crippen molar-refractivity contribution in [2.45, 2.75) is 39.3 Å². The van der Waals surface area contributed by atoms with Crippen molar-refractivity contribution in [3.63, 3.8) is 0 Å². The molecule has 0 aliphatic carbocycles. The average Bonchev–Trinajstić information content (AvgIpc) is 3.06. The van der Waals surface area contributed by atoms with E-state index in [1.54, 1.807) is 22.7 Å². The summed E-state index contributed by atoms with van der Waals surface area (Å²) < 4.78 is 0. The van der Waals surface area contributed by atoms with E-state index < -0.39 is 0 Å². The molecule has 110 valence electrons. The molecule has 0 bridgehead atoms. The second-order valence-corrected chi connectivity index (χ2v) is 7.33. The molecule has 0 aliphatic rings. The molecule has 0 spiro atoms. The van der Waals surface area contributed by atoms with E-state index in [0.29, 0.717) is 12.0 Å². The Bertz CT molecular complexity index is 531. The molecular formula is C15H23N3S2. The predicted octanol–water partition coefficient (Wildman–Crippen LogP) is 4.24. The van der Waals surface area contributed by atoms with Crippen molar-refractivity contribution >= 4 is 27.8 Å². The molecule has 1 atom stereocenters. The Balaban J connectivity index is 2.25. The first-order chi connectivity index (χ1) is 9.54. The van der Waals surface area contributed by atoms with Gasteiger partial charge in [-0.15, -0.1) is 22.7 Å². The number of hydrogen-bond acceptors (Lipinski definition) is 5. The molecule has 0 saturated carbocycles. The second-order valence-electron chi connectivity index (χ2n) is 5.29. The number of nitrogens with zero attached hydrogens (tertiary/aromatic N) is 2. The first-order valence-electron chi connectivity index (χ1n) is 6.95. The highest BCUT2D eigenvalue weighted by Gasteiger charge is 2.20. The normalized spacial score (nSPS) is 12.9. The lowest BCUT2D eigenvalue weighted by molar-refractivity contribution is 0.737. The predicted molar refractivity (Wildman–Crippen MR) is 90.1 cm³/mol. The van der Waals surface area contributed by atoms with Crippen molar-refractivity contribution < 1.29 is 0 Å². The Labute approximate surface area is 129 Å². The molecule has 3 nitrogen and oxygen atoms in total. The third-order valence-corrected chi connectivity index (χ3v) is 5.64. The van der Waals surface area contributed by atoms with E-state index >= 15 is 0 Å². The molecule has 1 N–H and O–H groups in total. The van der Waals surface area contributed by atoms with Crippen LogP contribution in [-0.4, -0.2) is 19.1 Å². The third kappa shape index (κ3) is 3.22. The zero-order chi connectivity index (χ0) is 14.7. The first-order valence-corrected chi connectivity index (χ1v) is 8.64. The van der Waals surface area contributed by atoms with Gasteiger partial charge in [-0.05, 0) is 31.3 Å². The van der Waals surface area contributed by atoms with Crippen molar-refractivity contribution in [3.05, 3.63) is 33.0 Å². The maximum absolute atomic E-state index is 4.87. The highest BCUT2D eigenvalue weighted by molar-refractivity contribution is 7.15. The van der Waals surface area contributed by atoms with Crippen LogP contribution in [0.3, 0.4) is 0 Å². The summed E-state index contributed by atoms with van der Waals surface area (Å²) in [5.74, 6) is 0.466. The number of thiazole rings is 1. The van der Waals surface area contributed by atoms with E-state index in [2.05, 4.69) is 55.5 Å². The molecule has 2 aromatic heterocycles. The summed E-state index contributed by atoms with van der Waals surface area (Å²) in [5.41, 5.74) is 1.23. The van der Waals surface area contributed by atoms with E-state index in [4.69, 9.17) is 4.98 Å². The first kappa shape index (κ1) is 15.5. The molecule has 0 amide bonds. The minimum absolute atomic E-state index is 0.364. The Morgan fingerprint density at radius 3 is 2.65 bits per heavy atom. The van der Waals surface area contributed by atoms with E-state index in [9.17, 15) is 0 Å². The number of thiophene rings is 1. The molecule has 2 rings (SSSR count). The van der Waals surface area contributed by atoms with Gasteiger partial charge in [0.1, 0.15) is 0 Å². The van der Waals surface area contributed by atoms with Crippen molar-refractivity contribution in [1.29, 1.82) is 0 Å². The van der Waals surface area contributed by atoms with Gasteiger partial charge in [-0.2, -0.15) is 0 Å². The van der Waals surface area contributed by atoms with Gasteiger partial charge in [-0.3, -0.25) is 0 Å². The molecule has 0 radical (unpaired) electrons. The number of rotatable bonds is 6. The van der Waals surface area contributed by atoms with Gasteiger partial charge in [0.15, 0.2) is 5.13 Å². The van der Waals surface area contributed by atoms with Crippen LogP contribution < -0.4 is 10.2 Å². The Morgan fingerprint density at radius 1 is 1.35 bits per heavy atom. The van der Waals surface area contributed by atoms with E-state index in [0.717, 1.165) is 11.7 Å². The van der Waals surface area contributed by atoms with E-state index in [1.807, 2.05) is 7.05 Å². The minimum Gasteiger partial charge on any atom is -0.344 e. The maximum Gasteiger partial charge on any atom is 0.186 e. The fourth-order valence-corrected chi connectivity index (χ4v) is 4.22. The lowest BCUT2D eigenvalue weighted by atomic mass is 10.1. The van der Waals surface area contributed by atoms with Crippen LogP contribution in [0.15, 0.2) is 17.5 Å². The second kappa shape index (κ2) is 6.70. The number of nitrogens with one attached hydrogen (secondary N) is 1. The summed E-state index contributed by atoms with van der Waals surface area (Å²) in [5, 5.41) is 6.49. The monoisotopic (exact) mass is 309 g/mol. The van der Waals surface area contributed by atoms with Gasteiger partial charge in [0.2, 0.25) is 0 Å². The fraction of sp³-hybridized carbons (Fsp3) is 0.533. The SMILES string of the molecule is CNCc1sc(N(C)C(C)c2cccs2)nc1C(C)C. The van der Waals surface area contributed by atoms with Crippen LogP contribution in [0.1, 0.15) is 48.2 Å². The standard InChI is InChI=1S/C15H23N3S2/c1-10(2)14-13(9-16-4)20-15(17-14)18(5)11(3)12-7-6-8-19-12/h6-8,10-11,16H,9H2,1-5H3. The van der Waals surface area contributed by atoms with Crippen LogP contribution >= 0.6 is 22.7 Å². The third-order valence-electron chi connectivity index (χ3n) is 3.44. The molecule has 0 fully saturated rings. The zero-order valence-corrected chi connectivity index (χ0v) is 14.4. The summed E-state index contributed by atoms with van der Waals surface area (Å²) in [7, 11) is 4.12. The summed E-state index contributed by atoms with van der Waals surface area (Å²) in [6, 6.07) is 4.67. The van der Waals surface area contributed by atoms with Crippen LogP contribution in [0.2, 0.25) is 0 Å². The number of hydrogen-bond donors (Lipinski definition) is 1. The van der Waals surface area contributed by atoms with Crippen LogP contribution in [-0.2, 0) is 6.54 Å². The summed E-state index contributed by atoms with van der Waals surface area (Å²) in [6.45, 7) is 7.55. The highest BCUT2D eigenvalue weighted by Crippen LogP contribution is 2.34. The fourth-order valence-electron chi connectivity index (χ4n) is 2.13. The van der Waals surface area contributed by atoms with Gasteiger partial charge in [0.25, 0.3) is 0 Å². The molecule has 2 aromatic rings. The van der Waals surface area contributed by atoms with Gasteiger partial charge < -0.3 is 10.2 Å². The topological polar surface area (TPSA) is 28.2 Å². The molecule has 0 saturated heterocycles. The molecule has 0 aromatic carbocycles. The molecule has 2 heterocycles. The van der Waals surface area contributed by atoms with Crippen LogP contribution in [0.25, 0.3) is 0 Å². The quantitative estimate of drug-likeness (QED) is 0.865. The highest BCUT2D eigenvalue weighted by atomic mass is 32.1. The summed E-state index contributed by atoms with van der Waals surface area (Å²) in [6.07, 6.45) is 0. The van der Waals surface area contributed by atoms with Gasteiger partial charge in [0.05, 0.1) is 11.7 Å². The van der Waals surface area contributed by atoms with Crippen molar-refractivity contribution in [1.82, 2.24) is 10.3 Å². The van der Waals surface area contributed by atoms with Crippen molar-refractivity contribution in [2.75, 3.05) is 19.0 Å². The van der Waals surface area contributed by atoms with Gasteiger partial charge in [-0.25, -0.2) is 4.98 Å². The molecular weight excluding hydrogens is 286 g/mol. The smallest absolute Gasteiger partial charge is 0.186 e. The Hall–Kier alpha value is -0.910. The van der Waals surface area contributed by atoms with Crippen molar-refractivity contribution in [3.8, 4) is 0 Å². The van der Waals surface area contributed by atoms with Gasteiger partial charge in [-0.1, -0.05) is 19.9 Å². The molecule has 20 heavy (non-hydrogen) atoms. The average molecular weight is 310 g/mol. The lowest BCUT2D eigenvalue weighted by Crippen LogP contribution is -2.20. The van der Waals surface area contributed by atoms with E-state index in [1.165, 1.54) is 15.4 Å². The van der Waals surface area contributed by atoms with Crippen LogP contribution in [0, 0.1) is 0 Å². The van der Waals surface area contributed by atoms with Crippen LogP contribution in [0.4, 0.5) is 5.13 Å². The van der Waals surface area contributed by atoms with Gasteiger partial charge >= 0.3 is 0 Å². The molecule has 1 unspecified atom stereocenters. The number of anilines is 1. The number of aromatic nitrogens is 1. The molecule has 5 heteroatoms. The lowest BCUT2D eigenvalue weighted by Gasteiger charge is -2.23. The largest absolute Gasteiger partial charge is 0.344 e. The minimum atomic E-state index is 0.364.